The standard InChI is InChI=1S/C15H25N3O/c1-5-13(6-2)18(10-11(3)4)15(19)12-7-8-17-14(16)9-12/h7-9,11,13H,5-6,10H2,1-4H3,(H2,16,17). The van der Waals surface area contributed by atoms with Crippen molar-refractivity contribution < 1.29 is 4.79 Å². The number of hydrogen-bond donors (Lipinski definition) is 1. The number of rotatable bonds is 6. The topological polar surface area (TPSA) is 59.2 Å². The molecule has 4 nitrogen and oxygen atoms in total. The maximum absolute atomic E-state index is 12.6. The molecule has 0 bridgehead atoms. The van der Waals surface area contributed by atoms with Crippen LogP contribution in [-0.2, 0) is 0 Å². The van der Waals surface area contributed by atoms with E-state index < -0.39 is 0 Å². The lowest BCUT2D eigenvalue weighted by Crippen LogP contribution is -2.42. The number of hydrogen-bond acceptors (Lipinski definition) is 3. The highest BCUT2D eigenvalue weighted by atomic mass is 16.2. The Labute approximate surface area is 116 Å². The fraction of sp³-hybridized carbons (Fsp3) is 0.600. The highest BCUT2D eigenvalue weighted by molar-refractivity contribution is 5.95. The van der Waals surface area contributed by atoms with Crippen LogP contribution in [-0.4, -0.2) is 28.4 Å². The predicted molar refractivity (Wildman–Crippen MR) is 78.9 cm³/mol. The third kappa shape index (κ3) is 4.23. The Bertz CT molecular complexity index is 414. The van der Waals surface area contributed by atoms with Crippen LogP contribution in [0, 0.1) is 5.92 Å². The fourth-order valence-electron chi connectivity index (χ4n) is 2.27. The fourth-order valence-corrected chi connectivity index (χ4v) is 2.27. The molecule has 4 heteroatoms. The van der Waals surface area contributed by atoms with Crippen molar-refractivity contribution in [3.05, 3.63) is 23.9 Å². The van der Waals surface area contributed by atoms with Gasteiger partial charge in [0.05, 0.1) is 0 Å². The summed E-state index contributed by atoms with van der Waals surface area (Å²) in [6, 6.07) is 3.66. The number of anilines is 1. The van der Waals surface area contributed by atoms with Gasteiger partial charge in [0.25, 0.3) is 5.91 Å². The van der Waals surface area contributed by atoms with Crippen LogP contribution in [0.4, 0.5) is 5.82 Å². The zero-order valence-electron chi connectivity index (χ0n) is 12.4. The van der Waals surface area contributed by atoms with Crippen LogP contribution in [0.5, 0.6) is 0 Å². The van der Waals surface area contributed by atoms with Gasteiger partial charge in [0.2, 0.25) is 0 Å². The van der Waals surface area contributed by atoms with Crippen molar-refractivity contribution in [1.82, 2.24) is 9.88 Å². The first-order valence-corrected chi connectivity index (χ1v) is 7.02. The minimum atomic E-state index is 0.0523. The Morgan fingerprint density at radius 1 is 1.37 bits per heavy atom. The molecule has 1 aromatic rings. The van der Waals surface area contributed by atoms with Crippen molar-refractivity contribution in [2.45, 2.75) is 46.6 Å². The number of amides is 1. The number of nitrogens with zero attached hydrogens (tertiary/aromatic N) is 2. The van der Waals surface area contributed by atoms with Crippen LogP contribution >= 0.6 is 0 Å². The second-order valence-electron chi connectivity index (χ2n) is 5.29. The van der Waals surface area contributed by atoms with Crippen LogP contribution in [0.25, 0.3) is 0 Å². The van der Waals surface area contributed by atoms with Crippen molar-refractivity contribution in [3.63, 3.8) is 0 Å². The van der Waals surface area contributed by atoms with E-state index in [1.54, 1.807) is 18.3 Å². The van der Waals surface area contributed by atoms with E-state index in [1.165, 1.54) is 0 Å². The number of pyridine rings is 1. The molecule has 0 saturated carbocycles. The number of nitrogens with two attached hydrogens (primary N) is 1. The first-order valence-electron chi connectivity index (χ1n) is 7.02. The Morgan fingerprint density at radius 2 is 2.00 bits per heavy atom. The highest BCUT2D eigenvalue weighted by Crippen LogP contribution is 2.16. The molecule has 0 atom stereocenters. The summed E-state index contributed by atoms with van der Waals surface area (Å²) in [5.74, 6) is 0.889. The molecule has 1 rings (SSSR count). The van der Waals surface area contributed by atoms with E-state index in [0.717, 1.165) is 19.4 Å². The Morgan fingerprint density at radius 3 is 2.47 bits per heavy atom. The third-order valence-electron chi connectivity index (χ3n) is 3.23. The predicted octanol–water partition coefficient (Wildman–Crippen LogP) is 2.95. The van der Waals surface area contributed by atoms with E-state index >= 15 is 0 Å². The van der Waals surface area contributed by atoms with Crippen molar-refractivity contribution in [1.29, 1.82) is 0 Å². The molecule has 0 unspecified atom stereocenters. The summed E-state index contributed by atoms with van der Waals surface area (Å²) in [5, 5.41) is 0. The monoisotopic (exact) mass is 263 g/mol. The Kier molecular flexibility index (Phi) is 5.80. The lowest BCUT2D eigenvalue weighted by molar-refractivity contribution is 0.0640. The molecular formula is C15H25N3O. The summed E-state index contributed by atoms with van der Waals surface area (Å²) in [7, 11) is 0. The molecule has 0 radical (unpaired) electrons. The number of carbonyl (C=O) groups is 1. The largest absolute Gasteiger partial charge is 0.384 e. The van der Waals surface area contributed by atoms with Crippen molar-refractivity contribution in [2.75, 3.05) is 12.3 Å². The van der Waals surface area contributed by atoms with Gasteiger partial charge in [-0.15, -0.1) is 0 Å². The van der Waals surface area contributed by atoms with Gasteiger partial charge >= 0.3 is 0 Å². The van der Waals surface area contributed by atoms with E-state index in [-0.39, 0.29) is 11.9 Å². The van der Waals surface area contributed by atoms with Crippen LogP contribution in [0.15, 0.2) is 18.3 Å². The SMILES string of the molecule is CCC(CC)N(CC(C)C)C(=O)c1ccnc(N)c1. The molecule has 0 spiro atoms. The first-order chi connectivity index (χ1) is 8.99. The number of aromatic nitrogens is 1. The maximum atomic E-state index is 12.6. The molecule has 1 heterocycles. The van der Waals surface area contributed by atoms with E-state index in [4.69, 9.17) is 5.73 Å². The molecule has 0 aliphatic heterocycles. The summed E-state index contributed by atoms with van der Waals surface area (Å²) >= 11 is 0. The van der Waals surface area contributed by atoms with Crippen molar-refractivity contribution in [2.24, 2.45) is 5.92 Å². The van der Waals surface area contributed by atoms with Gasteiger partial charge in [-0.2, -0.15) is 0 Å². The average Bonchev–Trinajstić information content (AvgIpc) is 2.37. The lowest BCUT2D eigenvalue weighted by atomic mass is 10.1. The van der Waals surface area contributed by atoms with Gasteiger partial charge in [0.15, 0.2) is 0 Å². The molecule has 0 aliphatic carbocycles. The summed E-state index contributed by atoms with van der Waals surface area (Å²) in [6.07, 6.45) is 3.52. The van der Waals surface area contributed by atoms with E-state index in [1.807, 2.05) is 4.90 Å². The summed E-state index contributed by atoms with van der Waals surface area (Å²) < 4.78 is 0. The minimum Gasteiger partial charge on any atom is -0.384 e. The van der Waals surface area contributed by atoms with Crippen molar-refractivity contribution in [3.8, 4) is 0 Å². The molecule has 0 aliphatic rings. The Hall–Kier alpha value is -1.58. The highest BCUT2D eigenvalue weighted by Gasteiger charge is 2.23. The first kappa shape index (κ1) is 15.5. The van der Waals surface area contributed by atoms with Gasteiger partial charge in [-0.05, 0) is 30.9 Å². The molecule has 1 aromatic heterocycles. The van der Waals surface area contributed by atoms with Crippen LogP contribution in [0.1, 0.15) is 50.9 Å². The normalized spacial score (nSPS) is 11.1. The van der Waals surface area contributed by atoms with E-state index in [9.17, 15) is 4.79 Å². The van der Waals surface area contributed by atoms with Crippen LogP contribution in [0.2, 0.25) is 0 Å². The molecule has 0 saturated heterocycles. The molecule has 0 aromatic carbocycles. The van der Waals surface area contributed by atoms with Crippen molar-refractivity contribution >= 4 is 11.7 Å². The molecule has 2 N–H and O–H groups in total. The van der Waals surface area contributed by atoms with Crippen LogP contribution < -0.4 is 5.73 Å². The van der Waals surface area contributed by atoms with E-state index in [0.29, 0.717) is 17.3 Å². The summed E-state index contributed by atoms with van der Waals surface area (Å²) in [5.41, 5.74) is 6.28. The van der Waals surface area contributed by atoms with Gasteiger partial charge in [0, 0.05) is 24.3 Å². The summed E-state index contributed by atoms with van der Waals surface area (Å²) in [6.45, 7) is 9.27. The smallest absolute Gasteiger partial charge is 0.254 e. The average molecular weight is 263 g/mol. The molecule has 1 amide bonds. The van der Waals surface area contributed by atoms with Gasteiger partial charge in [-0.25, -0.2) is 4.98 Å². The number of carbonyl (C=O) groups excluding carboxylic acids is 1. The van der Waals surface area contributed by atoms with Gasteiger partial charge in [-0.3, -0.25) is 4.79 Å². The molecule has 19 heavy (non-hydrogen) atoms. The molecule has 106 valence electrons. The number of nitrogen functional groups attached to an aromatic ring is 1. The van der Waals surface area contributed by atoms with Gasteiger partial charge in [-0.1, -0.05) is 27.7 Å². The van der Waals surface area contributed by atoms with Gasteiger partial charge in [0.1, 0.15) is 5.82 Å². The zero-order chi connectivity index (χ0) is 14.4. The van der Waals surface area contributed by atoms with Gasteiger partial charge < -0.3 is 10.6 Å². The second-order valence-corrected chi connectivity index (χ2v) is 5.29. The zero-order valence-corrected chi connectivity index (χ0v) is 12.4. The quantitative estimate of drug-likeness (QED) is 0.858. The second kappa shape index (κ2) is 7.12. The summed E-state index contributed by atoms with van der Waals surface area (Å²) in [4.78, 5) is 18.5. The van der Waals surface area contributed by atoms with E-state index in [2.05, 4.69) is 32.7 Å². The third-order valence-corrected chi connectivity index (χ3v) is 3.23. The molecular weight excluding hydrogens is 238 g/mol. The lowest BCUT2D eigenvalue weighted by Gasteiger charge is -2.32. The minimum absolute atomic E-state index is 0.0523. The maximum Gasteiger partial charge on any atom is 0.254 e. The molecule has 0 fully saturated rings. The Balaban J connectivity index is 2.99. The van der Waals surface area contributed by atoms with Crippen LogP contribution in [0.3, 0.4) is 0 Å².